The molecule has 0 saturated heterocycles. The summed E-state index contributed by atoms with van der Waals surface area (Å²) in [4.78, 5) is 30.3. The number of H-pyrrole nitrogens is 1. The van der Waals surface area contributed by atoms with E-state index in [0.29, 0.717) is 24.7 Å². The van der Waals surface area contributed by atoms with Gasteiger partial charge < -0.3 is 11.1 Å². The summed E-state index contributed by atoms with van der Waals surface area (Å²) in [5.41, 5.74) is 11.0. The Bertz CT molecular complexity index is 1270. The number of nitrogens with one attached hydrogen (secondary N) is 3. The van der Waals surface area contributed by atoms with E-state index in [9.17, 15) is 9.59 Å². The van der Waals surface area contributed by atoms with Gasteiger partial charge in [0.2, 0.25) is 17.6 Å². The lowest BCUT2D eigenvalue weighted by Crippen LogP contribution is -2.42. The van der Waals surface area contributed by atoms with Gasteiger partial charge in [0.1, 0.15) is 6.04 Å². The third-order valence-electron chi connectivity index (χ3n) is 7.08. The highest BCUT2D eigenvalue weighted by Gasteiger charge is 2.24. The van der Waals surface area contributed by atoms with Crippen LogP contribution in [-0.4, -0.2) is 44.4 Å². The Morgan fingerprint density at radius 1 is 1.08 bits per heavy atom. The Hall–Kier alpha value is -4.08. The van der Waals surface area contributed by atoms with Crippen LogP contribution in [0.3, 0.4) is 0 Å². The quantitative estimate of drug-likeness (QED) is 0.253. The Morgan fingerprint density at radius 3 is 2.63 bits per heavy atom. The maximum absolute atomic E-state index is 13.3. The number of aryl methyl sites for hydroxylation is 2. The van der Waals surface area contributed by atoms with Crippen molar-refractivity contribution in [1.29, 1.82) is 0 Å². The lowest BCUT2D eigenvalue weighted by molar-refractivity contribution is -0.123. The number of hydrogen-bond donors (Lipinski definition) is 4. The van der Waals surface area contributed by atoms with E-state index < -0.39 is 6.04 Å². The molecule has 5 N–H and O–H groups in total. The lowest BCUT2D eigenvalue weighted by Gasteiger charge is -2.24. The number of nitrogens with two attached hydrogens (primary N) is 1. The van der Waals surface area contributed by atoms with E-state index in [0.717, 1.165) is 47.9 Å². The molecule has 1 saturated carbocycles. The number of carbonyl (C=O) groups excluding carboxylic acids is 2. The highest BCUT2D eigenvalue weighted by Crippen LogP contribution is 2.28. The van der Waals surface area contributed by atoms with Crippen molar-refractivity contribution in [2.45, 2.75) is 71.4 Å². The van der Waals surface area contributed by atoms with Gasteiger partial charge in [-0.15, -0.1) is 10.2 Å². The Kier molecular flexibility index (Phi) is 9.18. The van der Waals surface area contributed by atoms with Crippen LogP contribution in [-0.2, 0) is 22.6 Å². The van der Waals surface area contributed by atoms with E-state index in [2.05, 4.69) is 36.3 Å². The predicted octanol–water partition coefficient (Wildman–Crippen LogP) is 3.11. The third-order valence-corrected chi connectivity index (χ3v) is 7.08. The molecule has 10 heteroatoms. The van der Waals surface area contributed by atoms with Crippen LogP contribution in [0.5, 0.6) is 0 Å². The van der Waals surface area contributed by atoms with E-state index >= 15 is 0 Å². The summed E-state index contributed by atoms with van der Waals surface area (Å²) in [5.74, 6) is 0.386. The Labute approximate surface area is 222 Å². The molecule has 0 bridgehead atoms. The molecule has 10 nitrogen and oxygen atoms in total. The molecule has 3 aromatic rings. The van der Waals surface area contributed by atoms with Crippen molar-refractivity contribution in [2.24, 2.45) is 16.6 Å². The number of tetrazole rings is 1. The monoisotopic (exact) mass is 516 g/mol. The van der Waals surface area contributed by atoms with Gasteiger partial charge in [-0.1, -0.05) is 68.5 Å². The number of hydrogen-bond acceptors (Lipinski definition) is 6. The largest absolute Gasteiger partial charge is 0.370 e. The average molecular weight is 517 g/mol. The van der Waals surface area contributed by atoms with Gasteiger partial charge in [-0.3, -0.25) is 14.9 Å². The second-order valence-corrected chi connectivity index (χ2v) is 10.1. The number of nitrogens with zero attached hydrogens (tertiary/aromatic N) is 4. The average Bonchev–Trinajstić information content (AvgIpc) is 3.45. The molecule has 1 aliphatic rings. The van der Waals surface area contributed by atoms with Crippen LogP contribution in [0.15, 0.2) is 47.5 Å². The van der Waals surface area contributed by atoms with E-state index in [1.54, 1.807) is 0 Å². The van der Waals surface area contributed by atoms with Crippen LogP contribution in [0.1, 0.15) is 60.8 Å². The molecule has 1 atom stereocenters. The lowest BCUT2D eigenvalue weighted by atomic mass is 9.84. The summed E-state index contributed by atoms with van der Waals surface area (Å²) in [5, 5.41) is 19.7. The minimum Gasteiger partial charge on any atom is -0.370 e. The number of amides is 2. The number of aliphatic imine (C=N–C) groups is 1. The van der Waals surface area contributed by atoms with E-state index in [-0.39, 0.29) is 24.2 Å². The van der Waals surface area contributed by atoms with Crippen molar-refractivity contribution in [2.75, 3.05) is 0 Å². The SMILES string of the molecule is Cc1ccc(CC(=O)NC(N)=NC(CC2CCCCC2)C(=O)NCc2cccc(-c3nn[nH]n3)c2)cc1C. The number of carbonyl (C=O) groups is 2. The molecule has 0 aliphatic heterocycles. The molecule has 2 aromatic carbocycles. The van der Waals surface area contributed by atoms with Crippen molar-refractivity contribution >= 4 is 17.8 Å². The van der Waals surface area contributed by atoms with Gasteiger partial charge in [0.15, 0.2) is 5.96 Å². The smallest absolute Gasteiger partial charge is 0.245 e. The molecule has 1 unspecified atom stereocenters. The molecule has 0 radical (unpaired) electrons. The van der Waals surface area contributed by atoms with E-state index in [1.165, 1.54) is 12.0 Å². The molecule has 38 heavy (non-hydrogen) atoms. The highest BCUT2D eigenvalue weighted by molar-refractivity contribution is 5.98. The van der Waals surface area contributed by atoms with Crippen LogP contribution >= 0.6 is 0 Å². The molecule has 1 heterocycles. The van der Waals surface area contributed by atoms with Gasteiger partial charge in [0.05, 0.1) is 6.42 Å². The molecular formula is C28H36N8O2. The van der Waals surface area contributed by atoms with Gasteiger partial charge in [-0.25, -0.2) is 4.99 Å². The minimum absolute atomic E-state index is 0.0334. The van der Waals surface area contributed by atoms with Crippen LogP contribution < -0.4 is 16.4 Å². The van der Waals surface area contributed by atoms with Crippen LogP contribution in [0.2, 0.25) is 0 Å². The molecule has 1 aromatic heterocycles. The van der Waals surface area contributed by atoms with Gasteiger partial charge in [-0.05, 0) is 59.7 Å². The molecule has 4 rings (SSSR count). The normalized spacial score (nSPS) is 15.2. The number of rotatable bonds is 9. The fourth-order valence-corrected chi connectivity index (χ4v) is 4.85. The molecule has 200 valence electrons. The maximum Gasteiger partial charge on any atom is 0.245 e. The molecule has 1 aliphatic carbocycles. The summed E-state index contributed by atoms with van der Waals surface area (Å²) < 4.78 is 0. The number of benzene rings is 2. The molecule has 2 amide bonds. The fourth-order valence-electron chi connectivity index (χ4n) is 4.85. The highest BCUT2D eigenvalue weighted by atomic mass is 16.2. The third kappa shape index (κ3) is 7.71. The molecule has 1 fully saturated rings. The zero-order valence-corrected chi connectivity index (χ0v) is 22.0. The first kappa shape index (κ1) is 27.0. The van der Waals surface area contributed by atoms with Crippen LogP contribution in [0.25, 0.3) is 11.4 Å². The van der Waals surface area contributed by atoms with Crippen LogP contribution in [0.4, 0.5) is 0 Å². The first-order valence-corrected chi connectivity index (χ1v) is 13.2. The van der Waals surface area contributed by atoms with Crippen molar-refractivity contribution in [1.82, 2.24) is 31.3 Å². The topological polar surface area (TPSA) is 151 Å². The van der Waals surface area contributed by atoms with Crippen molar-refractivity contribution < 1.29 is 9.59 Å². The number of guanidine groups is 1. The van der Waals surface area contributed by atoms with Crippen molar-refractivity contribution in [3.05, 3.63) is 64.7 Å². The van der Waals surface area contributed by atoms with Crippen LogP contribution in [0, 0.1) is 19.8 Å². The Morgan fingerprint density at radius 2 is 1.89 bits per heavy atom. The van der Waals surface area contributed by atoms with Gasteiger partial charge in [0.25, 0.3) is 0 Å². The zero-order valence-electron chi connectivity index (χ0n) is 22.0. The summed E-state index contributed by atoms with van der Waals surface area (Å²) in [6.45, 7) is 4.37. The van der Waals surface area contributed by atoms with E-state index in [1.807, 2.05) is 56.3 Å². The predicted molar refractivity (Wildman–Crippen MR) is 146 cm³/mol. The van der Waals surface area contributed by atoms with Gasteiger partial charge in [-0.2, -0.15) is 5.21 Å². The second kappa shape index (κ2) is 12.9. The fraction of sp³-hybridized carbons (Fsp3) is 0.429. The summed E-state index contributed by atoms with van der Waals surface area (Å²) >= 11 is 0. The summed E-state index contributed by atoms with van der Waals surface area (Å²) in [7, 11) is 0. The first-order valence-electron chi connectivity index (χ1n) is 13.2. The number of aromatic amines is 1. The first-order chi connectivity index (χ1) is 18.4. The standard InChI is InChI=1S/C28H36N8O2/c1-18-11-12-21(13-19(18)2)16-25(37)32-28(29)31-24(15-20-7-4-3-5-8-20)27(38)30-17-22-9-6-10-23(14-22)26-33-35-36-34-26/h6,9-14,20,24H,3-5,7-8,15-17H2,1-2H3,(H,30,38)(H3,29,31,32,37)(H,33,34,35,36). The maximum atomic E-state index is 13.3. The van der Waals surface area contributed by atoms with Gasteiger partial charge in [0, 0.05) is 12.1 Å². The number of aromatic nitrogens is 4. The molecule has 0 spiro atoms. The minimum atomic E-state index is -0.680. The Balaban J connectivity index is 1.40. The van der Waals surface area contributed by atoms with Gasteiger partial charge >= 0.3 is 0 Å². The van der Waals surface area contributed by atoms with Crippen molar-refractivity contribution in [3.8, 4) is 11.4 Å². The second-order valence-electron chi connectivity index (χ2n) is 10.1. The van der Waals surface area contributed by atoms with E-state index in [4.69, 9.17) is 5.73 Å². The summed E-state index contributed by atoms with van der Waals surface area (Å²) in [6.07, 6.45) is 6.48. The zero-order chi connectivity index (χ0) is 26.9. The van der Waals surface area contributed by atoms with Crippen molar-refractivity contribution in [3.63, 3.8) is 0 Å². The summed E-state index contributed by atoms with van der Waals surface area (Å²) in [6, 6.07) is 12.8. The molecular weight excluding hydrogens is 480 g/mol.